The molecule has 2 aliphatic rings. The zero-order valence-electron chi connectivity index (χ0n) is 14.4. The molecule has 27 heavy (non-hydrogen) atoms. The van der Waals surface area contributed by atoms with E-state index in [-0.39, 0.29) is 36.0 Å². The molecule has 0 spiro atoms. The lowest BCUT2D eigenvalue weighted by molar-refractivity contribution is -0.119. The Balaban J connectivity index is 1.26. The molecule has 4 N–H and O–H groups in total. The van der Waals surface area contributed by atoms with Crippen LogP contribution in [0.4, 0.5) is 30.2 Å². The monoisotopic (exact) mass is 376 g/mol. The van der Waals surface area contributed by atoms with Gasteiger partial charge >= 0.3 is 0 Å². The molecule has 4 rings (SSSR count). The van der Waals surface area contributed by atoms with Crippen molar-refractivity contribution in [2.45, 2.75) is 6.04 Å². The molecule has 2 unspecified atom stereocenters. The number of nitrogens with one attached hydrogen (secondary N) is 2. The number of anilines is 3. The molecular weight excluding hydrogens is 357 g/mol. The van der Waals surface area contributed by atoms with Crippen molar-refractivity contribution in [3.05, 3.63) is 53.8 Å². The number of carbonyl (C=O) groups is 1. The molecule has 1 saturated heterocycles. The van der Waals surface area contributed by atoms with Gasteiger partial charge in [0.1, 0.15) is 17.5 Å². The normalized spacial score (nSPS) is 23.1. The van der Waals surface area contributed by atoms with Gasteiger partial charge in [-0.15, -0.1) is 0 Å². The highest BCUT2D eigenvalue weighted by Crippen LogP contribution is 2.47. The molecule has 8 heteroatoms. The Bertz CT molecular complexity index is 879. The Morgan fingerprint density at radius 2 is 1.74 bits per heavy atom. The summed E-state index contributed by atoms with van der Waals surface area (Å²) in [4.78, 5) is 14.0. The maximum atomic E-state index is 13.9. The first-order valence-electron chi connectivity index (χ1n) is 8.70. The fourth-order valence-electron chi connectivity index (χ4n) is 3.78. The highest BCUT2D eigenvalue weighted by atomic mass is 19.1. The molecule has 0 aromatic heterocycles. The summed E-state index contributed by atoms with van der Waals surface area (Å²) < 4.78 is 39.9. The molecule has 1 amide bonds. The molecule has 2 aromatic rings. The molecule has 1 saturated carbocycles. The number of carbonyl (C=O) groups excluding carboxylic acids is 1. The number of nitrogens with two attached hydrogens (primary N) is 1. The van der Waals surface area contributed by atoms with Gasteiger partial charge in [0, 0.05) is 37.0 Å². The number of rotatable bonds is 5. The summed E-state index contributed by atoms with van der Waals surface area (Å²) in [5, 5.41) is 5.84. The van der Waals surface area contributed by atoms with Crippen LogP contribution in [0.2, 0.25) is 0 Å². The van der Waals surface area contributed by atoms with E-state index >= 15 is 0 Å². The van der Waals surface area contributed by atoms with Gasteiger partial charge in [0.2, 0.25) is 5.91 Å². The van der Waals surface area contributed by atoms with Gasteiger partial charge in [-0.3, -0.25) is 4.79 Å². The Kier molecular flexibility index (Phi) is 4.33. The van der Waals surface area contributed by atoms with Gasteiger partial charge in [-0.2, -0.15) is 0 Å². The van der Waals surface area contributed by atoms with Crippen molar-refractivity contribution >= 4 is 23.0 Å². The lowest BCUT2D eigenvalue weighted by Crippen LogP contribution is -2.37. The van der Waals surface area contributed by atoms with Crippen LogP contribution in [-0.2, 0) is 4.79 Å². The van der Waals surface area contributed by atoms with E-state index in [1.54, 1.807) is 0 Å². The highest BCUT2D eigenvalue weighted by Gasteiger charge is 2.56. The molecule has 1 heterocycles. The highest BCUT2D eigenvalue weighted by molar-refractivity contribution is 5.83. The molecular formula is C19H19F3N4O. The molecule has 1 aliphatic heterocycles. The van der Waals surface area contributed by atoms with E-state index < -0.39 is 17.5 Å². The van der Waals surface area contributed by atoms with Crippen molar-refractivity contribution < 1.29 is 18.0 Å². The zero-order chi connectivity index (χ0) is 19.1. The molecule has 5 nitrogen and oxygen atoms in total. The first-order valence-corrected chi connectivity index (χ1v) is 8.70. The second-order valence-electron chi connectivity index (χ2n) is 7.01. The van der Waals surface area contributed by atoms with Crippen LogP contribution in [0, 0.1) is 29.3 Å². The molecule has 0 bridgehead atoms. The van der Waals surface area contributed by atoms with Crippen LogP contribution in [0.15, 0.2) is 36.4 Å². The molecule has 2 fully saturated rings. The number of halogens is 3. The number of benzene rings is 2. The van der Waals surface area contributed by atoms with Crippen molar-refractivity contribution in [2.24, 2.45) is 11.8 Å². The maximum Gasteiger partial charge on any atom is 0.239 e. The van der Waals surface area contributed by atoms with Gasteiger partial charge in [-0.1, -0.05) is 0 Å². The van der Waals surface area contributed by atoms with Gasteiger partial charge in [0.25, 0.3) is 0 Å². The third kappa shape index (κ3) is 3.51. The second kappa shape index (κ2) is 6.68. The average Bonchev–Trinajstić information content (AvgIpc) is 3.04. The lowest BCUT2D eigenvalue weighted by Gasteiger charge is -2.23. The van der Waals surface area contributed by atoms with Crippen LogP contribution in [0.3, 0.4) is 0 Å². The minimum atomic E-state index is -0.597. The van der Waals surface area contributed by atoms with E-state index in [4.69, 9.17) is 5.73 Å². The van der Waals surface area contributed by atoms with Crippen molar-refractivity contribution in [1.82, 2.24) is 5.32 Å². The molecule has 2 aromatic carbocycles. The smallest absolute Gasteiger partial charge is 0.239 e. The number of nitrogen functional groups attached to an aromatic ring is 1. The standard InChI is InChI=1S/C19H19F3N4O/c20-10-2-4-17(14(22)5-10)26-8-12-13(9-26)19(12)25-18(27)7-24-16-3-1-11(21)6-15(16)23/h1-6,12-13,19,24H,7-9,23H2,(H,25,27). The number of hydrogen-bond acceptors (Lipinski definition) is 4. The van der Waals surface area contributed by atoms with Crippen molar-refractivity contribution in [3.63, 3.8) is 0 Å². The van der Waals surface area contributed by atoms with Crippen LogP contribution in [-0.4, -0.2) is 31.6 Å². The van der Waals surface area contributed by atoms with E-state index in [1.165, 1.54) is 30.3 Å². The van der Waals surface area contributed by atoms with Crippen LogP contribution >= 0.6 is 0 Å². The Morgan fingerprint density at radius 1 is 1.07 bits per heavy atom. The maximum absolute atomic E-state index is 13.9. The minimum Gasteiger partial charge on any atom is -0.397 e. The summed E-state index contributed by atoms with van der Waals surface area (Å²) in [7, 11) is 0. The summed E-state index contributed by atoms with van der Waals surface area (Å²) >= 11 is 0. The number of amides is 1. The third-order valence-electron chi connectivity index (χ3n) is 5.23. The average molecular weight is 376 g/mol. The Hall–Kier alpha value is -2.90. The van der Waals surface area contributed by atoms with Gasteiger partial charge in [0.15, 0.2) is 0 Å². The van der Waals surface area contributed by atoms with Crippen LogP contribution in [0.25, 0.3) is 0 Å². The molecule has 1 aliphatic carbocycles. The summed E-state index contributed by atoms with van der Waals surface area (Å²) in [6.45, 7) is 1.27. The molecule has 142 valence electrons. The predicted octanol–water partition coefficient (Wildman–Crippen LogP) is 2.35. The van der Waals surface area contributed by atoms with E-state index in [0.29, 0.717) is 24.5 Å². The topological polar surface area (TPSA) is 70.4 Å². The number of hydrogen-bond donors (Lipinski definition) is 3. The SMILES string of the molecule is Nc1cc(F)ccc1NCC(=O)NC1C2CN(c3ccc(F)cc3F)CC21. The van der Waals surface area contributed by atoms with E-state index in [9.17, 15) is 18.0 Å². The van der Waals surface area contributed by atoms with E-state index in [1.807, 2.05) is 4.90 Å². The van der Waals surface area contributed by atoms with E-state index in [0.717, 1.165) is 6.07 Å². The summed E-state index contributed by atoms with van der Waals surface area (Å²) in [6, 6.07) is 7.57. The van der Waals surface area contributed by atoms with Gasteiger partial charge in [-0.05, 0) is 30.3 Å². The van der Waals surface area contributed by atoms with Crippen molar-refractivity contribution in [3.8, 4) is 0 Å². The minimum absolute atomic E-state index is 0.0298. The number of nitrogens with zero attached hydrogens (tertiary/aromatic N) is 1. The fourth-order valence-corrected chi connectivity index (χ4v) is 3.78. The van der Waals surface area contributed by atoms with Gasteiger partial charge in [0.05, 0.1) is 23.6 Å². The Labute approximate surface area is 154 Å². The van der Waals surface area contributed by atoms with Crippen LogP contribution < -0.4 is 21.3 Å². The van der Waals surface area contributed by atoms with Crippen molar-refractivity contribution in [1.29, 1.82) is 0 Å². The van der Waals surface area contributed by atoms with Crippen LogP contribution in [0.5, 0.6) is 0 Å². The predicted molar refractivity (Wildman–Crippen MR) is 96.8 cm³/mol. The number of fused-ring (bicyclic) bond motifs is 1. The number of piperidine rings is 1. The third-order valence-corrected chi connectivity index (χ3v) is 5.23. The fraction of sp³-hybridized carbons (Fsp3) is 0.316. The molecule has 2 atom stereocenters. The first kappa shape index (κ1) is 17.5. The zero-order valence-corrected chi connectivity index (χ0v) is 14.4. The lowest BCUT2D eigenvalue weighted by atomic mass is 10.2. The summed E-state index contributed by atoms with van der Waals surface area (Å²) in [6.07, 6.45) is 0. The largest absolute Gasteiger partial charge is 0.397 e. The van der Waals surface area contributed by atoms with Crippen molar-refractivity contribution in [2.75, 3.05) is 35.6 Å². The second-order valence-corrected chi connectivity index (χ2v) is 7.01. The van der Waals surface area contributed by atoms with E-state index in [2.05, 4.69) is 10.6 Å². The quantitative estimate of drug-likeness (QED) is 0.701. The van der Waals surface area contributed by atoms with Gasteiger partial charge < -0.3 is 21.3 Å². The summed E-state index contributed by atoms with van der Waals surface area (Å²) in [5.74, 6) is -1.27. The van der Waals surface area contributed by atoms with Crippen LogP contribution in [0.1, 0.15) is 0 Å². The van der Waals surface area contributed by atoms with Gasteiger partial charge in [-0.25, -0.2) is 13.2 Å². The first-order chi connectivity index (χ1) is 12.9. The Morgan fingerprint density at radius 3 is 2.41 bits per heavy atom. The summed E-state index contributed by atoms with van der Waals surface area (Å²) in [5.41, 5.74) is 6.82. The molecule has 0 radical (unpaired) electrons.